The zero-order valence-electron chi connectivity index (χ0n) is 9.56. The van der Waals surface area contributed by atoms with Crippen molar-refractivity contribution in [3.8, 4) is 0 Å². The average molecular weight is 287 g/mol. The summed E-state index contributed by atoms with van der Waals surface area (Å²) in [4.78, 5) is 27.1. The zero-order valence-corrected chi connectivity index (χ0v) is 10.4. The van der Waals surface area contributed by atoms with Gasteiger partial charge in [-0.2, -0.15) is 4.39 Å². The van der Waals surface area contributed by atoms with E-state index in [1.165, 1.54) is 11.8 Å². The van der Waals surface area contributed by atoms with Gasteiger partial charge in [-0.15, -0.1) is 11.8 Å². The van der Waals surface area contributed by atoms with Crippen molar-refractivity contribution in [3.05, 3.63) is 43.3 Å². The van der Waals surface area contributed by atoms with E-state index in [9.17, 15) is 19.1 Å². The Balaban J connectivity index is 2.34. The van der Waals surface area contributed by atoms with Crippen LogP contribution < -0.4 is 11.2 Å². The lowest BCUT2D eigenvalue weighted by Crippen LogP contribution is -2.32. The van der Waals surface area contributed by atoms with Gasteiger partial charge in [-0.1, -0.05) is 5.11 Å². The fraction of sp³-hybridized carbons (Fsp3) is 0.556. The number of nitrogens with zero attached hydrogens (tertiary/aromatic N) is 4. The molecule has 1 aromatic rings. The first-order chi connectivity index (χ1) is 9.06. The van der Waals surface area contributed by atoms with Gasteiger partial charge in [0, 0.05) is 10.2 Å². The van der Waals surface area contributed by atoms with Crippen molar-refractivity contribution in [2.45, 2.75) is 23.1 Å². The number of nitrogens with one attached hydrogen (secondary N) is 1. The van der Waals surface area contributed by atoms with Crippen LogP contribution >= 0.6 is 11.8 Å². The number of H-pyrrole nitrogens is 1. The van der Waals surface area contributed by atoms with E-state index in [-0.39, 0.29) is 18.3 Å². The minimum absolute atomic E-state index is 0.217. The van der Waals surface area contributed by atoms with E-state index in [4.69, 9.17) is 5.53 Å². The summed E-state index contributed by atoms with van der Waals surface area (Å²) in [6.45, 7) is -0.217. The summed E-state index contributed by atoms with van der Waals surface area (Å²) >= 11 is 1.20. The van der Waals surface area contributed by atoms with Gasteiger partial charge in [0.05, 0.1) is 24.2 Å². The second-order valence-electron chi connectivity index (χ2n) is 3.96. The quantitative estimate of drug-likeness (QED) is 0.473. The lowest BCUT2D eigenvalue weighted by molar-refractivity contribution is 0.283. The fourth-order valence-corrected chi connectivity index (χ4v) is 3.35. The molecule has 1 aromatic heterocycles. The van der Waals surface area contributed by atoms with Crippen LogP contribution in [-0.4, -0.2) is 32.6 Å². The van der Waals surface area contributed by atoms with Crippen LogP contribution in [0.4, 0.5) is 4.39 Å². The number of azide groups is 1. The number of halogens is 1. The molecule has 102 valence electrons. The van der Waals surface area contributed by atoms with Crippen molar-refractivity contribution in [2.24, 2.45) is 5.11 Å². The van der Waals surface area contributed by atoms with E-state index >= 15 is 0 Å². The van der Waals surface area contributed by atoms with Crippen molar-refractivity contribution in [1.82, 2.24) is 9.55 Å². The summed E-state index contributed by atoms with van der Waals surface area (Å²) in [5.41, 5.74) is 6.61. The first-order valence-corrected chi connectivity index (χ1v) is 6.32. The molecule has 1 saturated heterocycles. The molecule has 2 N–H and O–H groups in total. The largest absolute Gasteiger partial charge is 0.395 e. The van der Waals surface area contributed by atoms with Gasteiger partial charge in [0.2, 0.25) is 5.82 Å². The SMILES string of the molecule is [N-]=[N+]=N[C@H]1C[C@@H](n2cc(F)c(=O)[nH]c2=O)S[C@@H]1CO. The Bertz CT molecular complexity index is 637. The highest BCUT2D eigenvalue weighted by atomic mass is 32.2. The van der Waals surface area contributed by atoms with Crippen LogP contribution in [0.5, 0.6) is 0 Å². The van der Waals surface area contributed by atoms with Crippen molar-refractivity contribution in [3.63, 3.8) is 0 Å². The second-order valence-corrected chi connectivity index (χ2v) is 5.39. The van der Waals surface area contributed by atoms with Crippen molar-refractivity contribution >= 4 is 11.8 Å². The molecule has 0 amide bonds. The average Bonchev–Trinajstić information content (AvgIpc) is 2.77. The van der Waals surface area contributed by atoms with E-state index in [1.807, 2.05) is 4.98 Å². The van der Waals surface area contributed by atoms with Gasteiger partial charge in [0.15, 0.2) is 0 Å². The van der Waals surface area contributed by atoms with E-state index in [0.29, 0.717) is 0 Å². The number of aromatic nitrogens is 2. The molecule has 2 rings (SSSR count). The number of aliphatic hydroxyl groups excluding tert-OH is 1. The van der Waals surface area contributed by atoms with Gasteiger partial charge in [0.1, 0.15) is 0 Å². The van der Waals surface area contributed by atoms with Crippen molar-refractivity contribution in [2.75, 3.05) is 6.61 Å². The molecule has 0 unspecified atom stereocenters. The maximum atomic E-state index is 13.2. The molecule has 8 nitrogen and oxygen atoms in total. The molecule has 1 aliphatic heterocycles. The predicted molar refractivity (Wildman–Crippen MR) is 66.3 cm³/mol. The second kappa shape index (κ2) is 5.47. The third kappa shape index (κ3) is 2.65. The number of rotatable bonds is 3. The maximum absolute atomic E-state index is 13.2. The van der Waals surface area contributed by atoms with Crippen LogP contribution in [0.2, 0.25) is 0 Å². The van der Waals surface area contributed by atoms with Gasteiger partial charge in [-0.3, -0.25) is 14.3 Å². The van der Waals surface area contributed by atoms with Crippen molar-refractivity contribution < 1.29 is 9.50 Å². The Labute approximate surface area is 109 Å². The number of aliphatic hydroxyl groups is 1. The Hall–Kier alpha value is -1.77. The van der Waals surface area contributed by atoms with Gasteiger partial charge in [0.25, 0.3) is 5.56 Å². The molecular formula is C9H10FN5O3S. The first-order valence-electron chi connectivity index (χ1n) is 5.38. The van der Waals surface area contributed by atoms with Crippen LogP contribution in [0.25, 0.3) is 10.4 Å². The minimum Gasteiger partial charge on any atom is -0.395 e. The number of hydrogen-bond donors (Lipinski definition) is 2. The van der Waals surface area contributed by atoms with Gasteiger partial charge < -0.3 is 5.11 Å². The Morgan fingerprint density at radius 3 is 3.05 bits per heavy atom. The van der Waals surface area contributed by atoms with E-state index in [2.05, 4.69) is 10.0 Å². The molecule has 0 radical (unpaired) electrons. The highest BCUT2D eigenvalue weighted by Crippen LogP contribution is 2.42. The molecule has 1 aliphatic rings. The van der Waals surface area contributed by atoms with E-state index in [0.717, 1.165) is 10.8 Å². The van der Waals surface area contributed by atoms with Crippen LogP contribution in [0.3, 0.4) is 0 Å². The molecule has 3 atom stereocenters. The van der Waals surface area contributed by atoms with Gasteiger partial charge in [-0.25, -0.2) is 4.79 Å². The minimum atomic E-state index is -1.07. The van der Waals surface area contributed by atoms with Crippen molar-refractivity contribution in [1.29, 1.82) is 0 Å². The fourth-order valence-electron chi connectivity index (χ4n) is 1.91. The normalized spacial score (nSPS) is 26.1. The molecule has 0 spiro atoms. The summed E-state index contributed by atoms with van der Waals surface area (Å²) in [6, 6.07) is -0.480. The van der Waals surface area contributed by atoms with E-state index < -0.39 is 28.5 Å². The molecule has 10 heteroatoms. The predicted octanol–water partition coefficient (Wildman–Crippen LogP) is 0.351. The number of thioether (sulfide) groups is 1. The van der Waals surface area contributed by atoms with E-state index in [1.54, 1.807) is 0 Å². The lowest BCUT2D eigenvalue weighted by atomic mass is 10.1. The number of aromatic amines is 1. The van der Waals surface area contributed by atoms with Crippen LogP contribution in [0.15, 0.2) is 20.9 Å². The molecule has 2 heterocycles. The monoisotopic (exact) mass is 287 g/mol. The summed E-state index contributed by atoms with van der Waals surface area (Å²) < 4.78 is 14.2. The highest BCUT2D eigenvalue weighted by molar-refractivity contribution is 8.00. The summed E-state index contributed by atoms with van der Waals surface area (Å²) in [7, 11) is 0. The van der Waals surface area contributed by atoms with Gasteiger partial charge >= 0.3 is 5.69 Å². The molecule has 0 saturated carbocycles. The van der Waals surface area contributed by atoms with Crippen LogP contribution in [-0.2, 0) is 0 Å². The highest BCUT2D eigenvalue weighted by Gasteiger charge is 2.35. The molecule has 0 aromatic carbocycles. The van der Waals surface area contributed by atoms with Gasteiger partial charge in [-0.05, 0) is 12.0 Å². The first kappa shape index (κ1) is 13.7. The number of hydrogen-bond acceptors (Lipinski definition) is 5. The third-order valence-corrected chi connectivity index (χ3v) is 4.37. The Morgan fingerprint density at radius 1 is 1.68 bits per heavy atom. The Morgan fingerprint density at radius 2 is 2.42 bits per heavy atom. The summed E-state index contributed by atoms with van der Waals surface area (Å²) in [5, 5.41) is 11.9. The third-order valence-electron chi connectivity index (χ3n) is 2.82. The summed E-state index contributed by atoms with van der Waals surface area (Å²) in [6.07, 6.45) is 1.11. The Kier molecular flexibility index (Phi) is 3.93. The smallest absolute Gasteiger partial charge is 0.329 e. The maximum Gasteiger partial charge on any atom is 0.329 e. The van der Waals surface area contributed by atoms with Crippen LogP contribution in [0.1, 0.15) is 11.8 Å². The lowest BCUT2D eigenvalue weighted by Gasteiger charge is -2.12. The molecule has 1 fully saturated rings. The molecular weight excluding hydrogens is 277 g/mol. The van der Waals surface area contributed by atoms with Crippen LogP contribution in [0, 0.1) is 5.82 Å². The standard InChI is InChI=1S/C9H10FN5O3S/c10-4-2-15(9(18)12-8(4)17)7-1-5(13-14-11)6(3-16)19-7/h2,5-7,16H,1,3H2,(H,12,17,18)/t5-,6+,7-/m0/s1. The molecule has 0 aliphatic carbocycles. The zero-order chi connectivity index (χ0) is 14.0. The molecule has 19 heavy (non-hydrogen) atoms. The summed E-state index contributed by atoms with van der Waals surface area (Å²) in [5.74, 6) is -1.06. The topological polar surface area (TPSA) is 124 Å². The molecule has 0 bridgehead atoms.